The molecule has 0 aliphatic carbocycles. The summed E-state index contributed by atoms with van der Waals surface area (Å²) in [6, 6.07) is 12.6. The lowest BCUT2D eigenvalue weighted by Gasteiger charge is -2.10. The molecular weight excluding hydrogens is 328 g/mol. The van der Waals surface area contributed by atoms with Crippen molar-refractivity contribution in [2.45, 2.75) is 19.3 Å². The molecule has 3 aromatic rings. The molecule has 5 nitrogen and oxygen atoms in total. The van der Waals surface area contributed by atoms with E-state index in [1.807, 2.05) is 31.2 Å². The van der Waals surface area contributed by atoms with Crippen LogP contribution in [0, 0.1) is 0 Å². The van der Waals surface area contributed by atoms with E-state index in [1.54, 1.807) is 25.2 Å². The molecule has 0 amide bonds. The maximum atomic E-state index is 12.6. The van der Waals surface area contributed by atoms with Gasteiger partial charge in [-0.15, -0.1) is 0 Å². The molecule has 0 saturated carbocycles. The third-order valence-electron chi connectivity index (χ3n) is 4.06. The Morgan fingerprint density at radius 2 is 1.92 bits per heavy atom. The van der Waals surface area contributed by atoms with Gasteiger partial charge in [-0.05, 0) is 49.4 Å². The van der Waals surface area contributed by atoms with E-state index in [1.165, 1.54) is 4.57 Å². The van der Waals surface area contributed by atoms with Gasteiger partial charge >= 0.3 is 0 Å². The van der Waals surface area contributed by atoms with Gasteiger partial charge in [0.15, 0.2) is 0 Å². The highest BCUT2D eigenvalue weighted by Gasteiger charge is 2.36. The topological polar surface area (TPSA) is 56.6 Å². The van der Waals surface area contributed by atoms with Gasteiger partial charge in [-0.2, -0.15) is 0 Å². The predicted molar refractivity (Wildman–Crippen MR) is 92.4 cm³/mol. The van der Waals surface area contributed by atoms with Crippen molar-refractivity contribution in [1.29, 1.82) is 0 Å². The number of aromatic nitrogens is 2. The lowest BCUT2D eigenvalue weighted by Crippen LogP contribution is -2.20. The van der Waals surface area contributed by atoms with E-state index >= 15 is 0 Å². The molecule has 0 radical (unpaired) electrons. The number of benzene rings is 2. The van der Waals surface area contributed by atoms with E-state index in [2.05, 4.69) is 4.98 Å². The van der Waals surface area contributed by atoms with Crippen LogP contribution in [0.15, 0.2) is 47.3 Å². The second kappa shape index (κ2) is 5.61. The number of ether oxygens (including phenoxy) is 2. The van der Waals surface area contributed by atoms with E-state index in [0.717, 1.165) is 11.3 Å². The van der Waals surface area contributed by atoms with Crippen molar-refractivity contribution in [3.63, 3.8) is 0 Å². The molecule has 2 aromatic carbocycles. The first kappa shape index (κ1) is 15.2. The summed E-state index contributed by atoms with van der Waals surface area (Å²) in [5.41, 5.74) is 1.33. The average Bonchev–Trinajstić information content (AvgIpc) is 3.27. The molecular formula is C18H15ClN2O3. The van der Waals surface area contributed by atoms with Crippen molar-refractivity contribution in [2.24, 2.45) is 7.05 Å². The van der Waals surface area contributed by atoms with Crippen LogP contribution >= 0.6 is 11.6 Å². The predicted octanol–water partition coefficient (Wildman–Crippen LogP) is 3.38. The monoisotopic (exact) mass is 342 g/mol. The molecule has 1 aliphatic heterocycles. The second-order valence-electron chi connectivity index (χ2n) is 5.81. The number of rotatable bonds is 3. The Labute approximate surface area is 143 Å². The van der Waals surface area contributed by atoms with Crippen LogP contribution in [0.2, 0.25) is 5.02 Å². The number of halogens is 1. The van der Waals surface area contributed by atoms with Crippen molar-refractivity contribution >= 4 is 22.5 Å². The Bertz CT molecular complexity index is 982. The van der Waals surface area contributed by atoms with E-state index in [9.17, 15) is 4.79 Å². The fraction of sp³-hybridized carbons (Fsp3) is 0.222. The Morgan fingerprint density at radius 1 is 1.21 bits per heavy atom. The third kappa shape index (κ3) is 2.66. The van der Waals surface area contributed by atoms with Gasteiger partial charge in [0, 0.05) is 17.6 Å². The highest BCUT2D eigenvalue weighted by molar-refractivity contribution is 6.31. The lowest BCUT2D eigenvalue weighted by molar-refractivity contribution is 0.178. The molecule has 24 heavy (non-hydrogen) atoms. The standard InChI is InChI=1S/C18H15ClN2O3/c1-10-18(23-10)24-13-6-3-11(4-7-13)16-20-15-8-5-12(19)9-14(15)17(22)21(16)2/h3-10,18H,1-2H3. The number of hydrogen-bond donors (Lipinski definition) is 0. The Morgan fingerprint density at radius 3 is 2.58 bits per heavy atom. The number of nitrogens with zero attached hydrogens (tertiary/aromatic N) is 2. The van der Waals surface area contributed by atoms with Gasteiger partial charge in [0.1, 0.15) is 17.7 Å². The van der Waals surface area contributed by atoms with Crippen LogP contribution in [0.3, 0.4) is 0 Å². The van der Waals surface area contributed by atoms with Gasteiger partial charge in [0.25, 0.3) is 5.56 Å². The fourth-order valence-electron chi connectivity index (χ4n) is 2.61. The smallest absolute Gasteiger partial charge is 0.261 e. The van der Waals surface area contributed by atoms with Gasteiger partial charge in [-0.3, -0.25) is 9.36 Å². The van der Waals surface area contributed by atoms with Crippen molar-refractivity contribution in [3.8, 4) is 17.1 Å². The summed E-state index contributed by atoms with van der Waals surface area (Å²) in [5, 5.41) is 1.03. The largest absolute Gasteiger partial charge is 0.462 e. The van der Waals surface area contributed by atoms with Crippen LogP contribution in [0.5, 0.6) is 5.75 Å². The van der Waals surface area contributed by atoms with Crippen LogP contribution in [0.25, 0.3) is 22.3 Å². The molecule has 2 heterocycles. The van der Waals surface area contributed by atoms with E-state index in [-0.39, 0.29) is 18.0 Å². The fourth-order valence-corrected chi connectivity index (χ4v) is 2.78. The molecule has 6 heteroatoms. The molecule has 122 valence electrons. The summed E-state index contributed by atoms with van der Waals surface area (Å²) in [6.45, 7) is 1.96. The molecule has 0 N–H and O–H groups in total. The zero-order valence-electron chi connectivity index (χ0n) is 13.2. The maximum absolute atomic E-state index is 12.6. The first-order chi connectivity index (χ1) is 11.5. The molecule has 1 saturated heterocycles. The minimum Gasteiger partial charge on any atom is -0.462 e. The summed E-state index contributed by atoms with van der Waals surface area (Å²) in [4.78, 5) is 17.2. The van der Waals surface area contributed by atoms with Gasteiger partial charge in [0.2, 0.25) is 6.29 Å². The van der Waals surface area contributed by atoms with E-state index in [4.69, 9.17) is 21.1 Å². The molecule has 2 atom stereocenters. The van der Waals surface area contributed by atoms with Gasteiger partial charge < -0.3 is 9.47 Å². The van der Waals surface area contributed by atoms with Crippen molar-refractivity contribution in [3.05, 3.63) is 57.8 Å². The molecule has 0 bridgehead atoms. The second-order valence-corrected chi connectivity index (χ2v) is 6.25. The maximum Gasteiger partial charge on any atom is 0.261 e. The average molecular weight is 343 g/mol. The Balaban J connectivity index is 1.74. The summed E-state index contributed by atoms with van der Waals surface area (Å²) in [6.07, 6.45) is -0.0248. The van der Waals surface area contributed by atoms with E-state index < -0.39 is 0 Å². The quantitative estimate of drug-likeness (QED) is 0.685. The van der Waals surface area contributed by atoms with Crippen molar-refractivity contribution in [2.75, 3.05) is 0 Å². The number of hydrogen-bond acceptors (Lipinski definition) is 4. The van der Waals surface area contributed by atoms with Crippen molar-refractivity contribution in [1.82, 2.24) is 9.55 Å². The summed E-state index contributed by atoms with van der Waals surface area (Å²) in [5.74, 6) is 1.32. The molecule has 4 rings (SSSR count). The van der Waals surface area contributed by atoms with Gasteiger partial charge in [0.05, 0.1) is 10.9 Å². The summed E-state index contributed by atoms with van der Waals surface area (Å²) >= 11 is 5.97. The summed E-state index contributed by atoms with van der Waals surface area (Å²) in [7, 11) is 1.70. The number of epoxide rings is 1. The third-order valence-corrected chi connectivity index (χ3v) is 4.29. The molecule has 2 unspecified atom stereocenters. The van der Waals surface area contributed by atoms with Gasteiger partial charge in [-0.25, -0.2) is 4.98 Å². The molecule has 0 spiro atoms. The van der Waals surface area contributed by atoms with Crippen LogP contribution in [0.4, 0.5) is 0 Å². The van der Waals surface area contributed by atoms with Crippen LogP contribution in [-0.4, -0.2) is 21.9 Å². The number of fused-ring (bicyclic) bond motifs is 1. The zero-order chi connectivity index (χ0) is 16.8. The highest BCUT2D eigenvalue weighted by Crippen LogP contribution is 2.27. The Kier molecular flexibility index (Phi) is 3.55. The Hall–Kier alpha value is -2.37. The normalized spacial score (nSPS) is 19.5. The van der Waals surface area contributed by atoms with Gasteiger partial charge in [-0.1, -0.05) is 11.6 Å². The molecule has 1 fully saturated rings. The lowest BCUT2D eigenvalue weighted by atomic mass is 10.1. The minimum absolute atomic E-state index is 0.127. The first-order valence-corrected chi connectivity index (χ1v) is 7.99. The molecule has 1 aliphatic rings. The first-order valence-electron chi connectivity index (χ1n) is 7.62. The summed E-state index contributed by atoms with van der Waals surface area (Å²) < 4.78 is 12.4. The zero-order valence-corrected chi connectivity index (χ0v) is 13.9. The van der Waals surface area contributed by atoms with Crippen LogP contribution in [0.1, 0.15) is 6.92 Å². The minimum atomic E-state index is -0.163. The van der Waals surface area contributed by atoms with Crippen molar-refractivity contribution < 1.29 is 9.47 Å². The van der Waals surface area contributed by atoms with Crippen LogP contribution in [-0.2, 0) is 11.8 Å². The van der Waals surface area contributed by atoms with Crippen LogP contribution < -0.4 is 10.3 Å². The SMILES string of the molecule is CC1OC1Oc1ccc(-c2nc3ccc(Cl)cc3c(=O)n2C)cc1. The highest BCUT2D eigenvalue weighted by atomic mass is 35.5. The van der Waals surface area contributed by atoms with E-state index in [0.29, 0.717) is 21.7 Å². The molecule has 1 aromatic heterocycles.